The Morgan fingerprint density at radius 1 is 1.26 bits per heavy atom. The lowest BCUT2D eigenvalue weighted by molar-refractivity contribution is 0.0937. The van der Waals surface area contributed by atoms with E-state index in [-0.39, 0.29) is 16.8 Å². The predicted octanol–water partition coefficient (Wildman–Crippen LogP) is 1.12. The number of rotatable bonds is 4. The van der Waals surface area contributed by atoms with Gasteiger partial charge in [0.1, 0.15) is 5.82 Å². The number of carbonyl (C=O) groups is 1. The average molecular weight is 334 g/mol. The molecule has 1 atom stereocenters. The highest BCUT2D eigenvalue weighted by molar-refractivity contribution is 7.90. The van der Waals surface area contributed by atoms with Gasteiger partial charge in [-0.3, -0.25) is 4.79 Å². The van der Waals surface area contributed by atoms with Gasteiger partial charge in [-0.1, -0.05) is 0 Å². The maximum atomic E-state index is 12.3. The smallest absolute Gasteiger partial charge is 0.251 e. The van der Waals surface area contributed by atoms with Crippen LogP contribution in [-0.4, -0.2) is 35.3 Å². The van der Waals surface area contributed by atoms with Crippen molar-refractivity contribution in [3.63, 3.8) is 0 Å². The Hall–Kier alpha value is -2.22. The summed E-state index contributed by atoms with van der Waals surface area (Å²) in [5.41, 5.74) is 0.408. The third kappa shape index (κ3) is 3.12. The lowest BCUT2D eigenvalue weighted by Crippen LogP contribution is -2.28. The number of hydrogen-bond donors (Lipinski definition) is 1. The van der Waals surface area contributed by atoms with E-state index in [2.05, 4.69) is 15.5 Å². The molecule has 2 aromatic rings. The van der Waals surface area contributed by atoms with E-state index in [1.165, 1.54) is 24.3 Å². The summed E-state index contributed by atoms with van der Waals surface area (Å²) in [6.07, 6.45) is 3.10. The van der Waals surface area contributed by atoms with E-state index in [0.717, 1.165) is 37.3 Å². The van der Waals surface area contributed by atoms with Gasteiger partial charge in [-0.05, 0) is 37.6 Å². The predicted molar refractivity (Wildman–Crippen MR) is 83.8 cm³/mol. The molecule has 122 valence electrons. The van der Waals surface area contributed by atoms with Crippen LogP contribution in [0, 0.1) is 0 Å². The van der Waals surface area contributed by atoms with E-state index >= 15 is 0 Å². The van der Waals surface area contributed by atoms with Gasteiger partial charge in [0.2, 0.25) is 0 Å². The number of nitrogens with one attached hydrogen (secondary N) is 1. The van der Waals surface area contributed by atoms with Crippen molar-refractivity contribution in [2.45, 2.75) is 37.2 Å². The number of aryl methyl sites for hydroxylation is 1. The number of fused-ring (bicyclic) bond motifs is 1. The number of aromatic nitrogens is 3. The van der Waals surface area contributed by atoms with Gasteiger partial charge < -0.3 is 9.88 Å². The second-order valence-corrected chi connectivity index (χ2v) is 7.74. The van der Waals surface area contributed by atoms with E-state index in [1.54, 1.807) is 0 Å². The Kier molecular flexibility index (Phi) is 3.93. The topological polar surface area (TPSA) is 93.9 Å². The van der Waals surface area contributed by atoms with Gasteiger partial charge >= 0.3 is 0 Å². The lowest BCUT2D eigenvalue weighted by Gasteiger charge is -2.14. The van der Waals surface area contributed by atoms with Gasteiger partial charge in [-0.25, -0.2) is 8.42 Å². The summed E-state index contributed by atoms with van der Waals surface area (Å²) < 4.78 is 24.9. The molecule has 1 aromatic carbocycles. The molecule has 0 fully saturated rings. The Bertz CT molecular complexity index is 840. The molecule has 0 aliphatic carbocycles. The van der Waals surface area contributed by atoms with Crippen molar-refractivity contribution in [2.24, 2.45) is 0 Å². The van der Waals surface area contributed by atoms with Crippen molar-refractivity contribution in [2.75, 3.05) is 6.26 Å². The van der Waals surface area contributed by atoms with E-state index in [9.17, 15) is 13.2 Å². The van der Waals surface area contributed by atoms with E-state index < -0.39 is 9.84 Å². The van der Waals surface area contributed by atoms with Gasteiger partial charge in [-0.15, -0.1) is 10.2 Å². The van der Waals surface area contributed by atoms with E-state index in [0.29, 0.717) is 5.56 Å². The molecule has 0 saturated heterocycles. The van der Waals surface area contributed by atoms with Crippen LogP contribution in [0.5, 0.6) is 0 Å². The van der Waals surface area contributed by atoms with Gasteiger partial charge in [-0.2, -0.15) is 0 Å². The molecule has 0 radical (unpaired) electrons. The third-order valence-electron chi connectivity index (χ3n) is 3.92. The first-order valence-corrected chi connectivity index (χ1v) is 9.28. The normalized spacial score (nSPS) is 15.2. The number of carbonyl (C=O) groups excluding carboxylic acids is 1. The molecule has 0 saturated carbocycles. The molecule has 3 rings (SSSR count). The minimum atomic E-state index is -3.26. The Morgan fingerprint density at radius 3 is 2.61 bits per heavy atom. The highest BCUT2D eigenvalue weighted by Crippen LogP contribution is 2.19. The number of amides is 1. The summed E-state index contributed by atoms with van der Waals surface area (Å²) in [5, 5.41) is 11.2. The molecule has 2 heterocycles. The van der Waals surface area contributed by atoms with Crippen LogP contribution in [0.15, 0.2) is 29.2 Å². The summed E-state index contributed by atoms with van der Waals surface area (Å²) in [6, 6.07) is 5.61. The van der Waals surface area contributed by atoms with Crippen LogP contribution in [0.1, 0.15) is 41.4 Å². The second-order valence-electron chi connectivity index (χ2n) is 5.72. The van der Waals surface area contributed by atoms with Gasteiger partial charge in [0, 0.05) is 24.8 Å². The highest BCUT2D eigenvalue weighted by atomic mass is 32.2. The first-order chi connectivity index (χ1) is 10.9. The van der Waals surface area contributed by atoms with Crippen molar-refractivity contribution in [1.29, 1.82) is 0 Å². The fourth-order valence-electron chi connectivity index (χ4n) is 2.69. The summed E-state index contributed by atoms with van der Waals surface area (Å²) >= 11 is 0. The van der Waals surface area contributed by atoms with Crippen molar-refractivity contribution in [3.05, 3.63) is 41.5 Å². The van der Waals surface area contributed by atoms with Crippen LogP contribution in [0.4, 0.5) is 0 Å². The number of nitrogens with zero attached hydrogens (tertiary/aromatic N) is 3. The Labute approximate surface area is 134 Å². The molecule has 7 nitrogen and oxygen atoms in total. The molecule has 1 unspecified atom stereocenters. The standard InChI is InChI=1S/C15H18N4O3S/c1-10(14-18-17-13-4-3-9-19(13)14)16-15(20)11-5-7-12(8-6-11)23(2,21)22/h5-8,10H,3-4,9H2,1-2H3,(H,16,20). The largest absolute Gasteiger partial charge is 0.342 e. The quantitative estimate of drug-likeness (QED) is 0.904. The molecule has 0 spiro atoms. The fourth-order valence-corrected chi connectivity index (χ4v) is 3.32. The SMILES string of the molecule is CC(NC(=O)c1ccc(S(C)(=O)=O)cc1)c1nnc2n1CCC2. The minimum absolute atomic E-state index is 0.192. The van der Waals surface area contributed by atoms with Crippen LogP contribution in [0.2, 0.25) is 0 Å². The Morgan fingerprint density at radius 2 is 1.96 bits per heavy atom. The van der Waals surface area contributed by atoms with Crippen LogP contribution >= 0.6 is 0 Å². The molecule has 1 aliphatic rings. The van der Waals surface area contributed by atoms with Crippen LogP contribution < -0.4 is 5.32 Å². The molecule has 1 N–H and O–H groups in total. The maximum Gasteiger partial charge on any atom is 0.251 e. The van der Waals surface area contributed by atoms with Crippen LogP contribution in [0.3, 0.4) is 0 Å². The molecule has 8 heteroatoms. The van der Waals surface area contributed by atoms with Gasteiger partial charge in [0.25, 0.3) is 5.91 Å². The zero-order valence-electron chi connectivity index (χ0n) is 13.0. The molecule has 1 aromatic heterocycles. The zero-order chi connectivity index (χ0) is 16.6. The zero-order valence-corrected chi connectivity index (χ0v) is 13.8. The van der Waals surface area contributed by atoms with E-state index in [4.69, 9.17) is 0 Å². The summed E-state index contributed by atoms with van der Waals surface area (Å²) in [7, 11) is -3.26. The van der Waals surface area contributed by atoms with Gasteiger partial charge in [0.05, 0.1) is 10.9 Å². The number of benzene rings is 1. The molecule has 1 amide bonds. The summed E-state index contributed by atoms with van der Waals surface area (Å²) in [4.78, 5) is 12.5. The second kappa shape index (κ2) is 5.77. The molecule has 1 aliphatic heterocycles. The average Bonchev–Trinajstić information content (AvgIpc) is 3.09. The summed E-state index contributed by atoms with van der Waals surface area (Å²) in [5.74, 6) is 1.44. The van der Waals surface area contributed by atoms with Crippen LogP contribution in [-0.2, 0) is 22.8 Å². The number of sulfone groups is 1. The first kappa shape index (κ1) is 15.7. The molecule has 0 bridgehead atoms. The number of hydrogen-bond acceptors (Lipinski definition) is 5. The molecular formula is C15H18N4O3S. The minimum Gasteiger partial charge on any atom is -0.342 e. The molecule has 23 heavy (non-hydrogen) atoms. The van der Waals surface area contributed by atoms with Crippen molar-refractivity contribution < 1.29 is 13.2 Å². The monoisotopic (exact) mass is 334 g/mol. The van der Waals surface area contributed by atoms with Gasteiger partial charge in [0.15, 0.2) is 15.7 Å². The fraction of sp³-hybridized carbons (Fsp3) is 0.400. The van der Waals surface area contributed by atoms with Crippen molar-refractivity contribution in [1.82, 2.24) is 20.1 Å². The highest BCUT2D eigenvalue weighted by Gasteiger charge is 2.22. The van der Waals surface area contributed by atoms with E-state index in [1.807, 2.05) is 11.5 Å². The van der Waals surface area contributed by atoms with Crippen molar-refractivity contribution >= 4 is 15.7 Å². The van der Waals surface area contributed by atoms with Crippen molar-refractivity contribution in [3.8, 4) is 0 Å². The van der Waals surface area contributed by atoms with Crippen LogP contribution in [0.25, 0.3) is 0 Å². The lowest BCUT2D eigenvalue weighted by atomic mass is 10.2. The molecular weight excluding hydrogens is 316 g/mol. The first-order valence-electron chi connectivity index (χ1n) is 7.39. The third-order valence-corrected chi connectivity index (χ3v) is 5.05. The summed E-state index contributed by atoms with van der Waals surface area (Å²) in [6.45, 7) is 2.74. The Balaban J connectivity index is 1.73. The maximum absolute atomic E-state index is 12.3.